The quantitative estimate of drug-likeness (QED) is 0.478. The maximum Gasteiger partial charge on any atom is 0.253 e. The maximum absolute atomic E-state index is 12.3. The number of nitrogens with zero attached hydrogens (tertiary/aromatic N) is 1. The number of unbranched alkanes of at least 4 members (excludes halogenated alkanes) is 3. The Bertz CT molecular complexity index is 501. The summed E-state index contributed by atoms with van der Waals surface area (Å²) < 4.78 is 0. The topological polar surface area (TPSA) is 66.5 Å². The van der Waals surface area contributed by atoms with E-state index in [1.54, 1.807) is 0 Å². The van der Waals surface area contributed by atoms with Crippen LogP contribution >= 0.6 is 0 Å². The van der Waals surface area contributed by atoms with E-state index in [9.17, 15) is 14.4 Å². The van der Waals surface area contributed by atoms with E-state index in [-0.39, 0.29) is 23.6 Å². The summed E-state index contributed by atoms with van der Waals surface area (Å²) in [4.78, 5) is 36.9. The highest BCUT2D eigenvalue weighted by Gasteiger charge is 2.31. The average Bonchev–Trinajstić information content (AvgIpc) is 2.93. The van der Waals surface area contributed by atoms with Crippen LogP contribution in [0.3, 0.4) is 0 Å². The monoisotopic (exact) mass is 362 g/mol. The van der Waals surface area contributed by atoms with Gasteiger partial charge in [0.2, 0.25) is 5.91 Å². The lowest BCUT2D eigenvalue weighted by atomic mass is 9.81. The molecule has 0 spiro atoms. The fraction of sp³-hybridized carbons (Fsp3) is 0.762. The lowest BCUT2D eigenvalue weighted by Crippen LogP contribution is -2.38. The molecule has 0 aromatic heterocycles. The van der Waals surface area contributed by atoms with Gasteiger partial charge in [-0.1, -0.05) is 39.5 Å². The molecule has 1 heterocycles. The lowest BCUT2D eigenvalue weighted by Gasteiger charge is -2.30. The van der Waals surface area contributed by atoms with Crippen molar-refractivity contribution in [2.24, 2.45) is 17.8 Å². The number of hydrogen-bond donors (Lipinski definition) is 1. The van der Waals surface area contributed by atoms with Crippen molar-refractivity contribution in [3.05, 3.63) is 12.2 Å². The van der Waals surface area contributed by atoms with Crippen molar-refractivity contribution in [1.29, 1.82) is 0 Å². The molecular weight excluding hydrogens is 328 g/mol. The van der Waals surface area contributed by atoms with E-state index in [2.05, 4.69) is 19.2 Å². The third-order valence-electron chi connectivity index (χ3n) is 5.57. The van der Waals surface area contributed by atoms with E-state index in [0.717, 1.165) is 44.6 Å². The largest absolute Gasteiger partial charge is 0.356 e. The van der Waals surface area contributed by atoms with Gasteiger partial charge in [-0.05, 0) is 43.9 Å². The van der Waals surface area contributed by atoms with Gasteiger partial charge >= 0.3 is 0 Å². The summed E-state index contributed by atoms with van der Waals surface area (Å²) in [5.41, 5.74) is 0. The number of nitrogens with one attached hydrogen (secondary N) is 1. The highest BCUT2D eigenvalue weighted by atomic mass is 16.2. The Balaban J connectivity index is 1.55. The van der Waals surface area contributed by atoms with Crippen LogP contribution in [-0.4, -0.2) is 35.7 Å². The van der Waals surface area contributed by atoms with E-state index < -0.39 is 0 Å². The molecule has 146 valence electrons. The first kappa shape index (κ1) is 20.7. The highest BCUT2D eigenvalue weighted by molar-refractivity contribution is 6.12. The molecule has 0 aromatic rings. The zero-order valence-corrected chi connectivity index (χ0v) is 16.3. The minimum Gasteiger partial charge on any atom is -0.356 e. The van der Waals surface area contributed by atoms with Crippen molar-refractivity contribution in [3.63, 3.8) is 0 Å². The number of carbonyl (C=O) groups excluding carboxylic acids is 3. The van der Waals surface area contributed by atoms with Gasteiger partial charge in [0.15, 0.2) is 0 Å². The molecule has 2 aliphatic rings. The maximum atomic E-state index is 12.3. The third kappa shape index (κ3) is 6.58. The molecule has 3 amide bonds. The second-order valence-electron chi connectivity index (χ2n) is 8.23. The van der Waals surface area contributed by atoms with Crippen molar-refractivity contribution in [2.75, 3.05) is 13.1 Å². The fourth-order valence-corrected chi connectivity index (χ4v) is 3.86. The van der Waals surface area contributed by atoms with Gasteiger partial charge in [0, 0.05) is 31.2 Å². The number of rotatable bonds is 10. The smallest absolute Gasteiger partial charge is 0.253 e. The van der Waals surface area contributed by atoms with Crippen LogP contribution in [0.25, 0.3) is 0 Å². The van der Waals surface area contributed by atoms with Crippen LogP contribution < -0.4 is 5.32 Å². The molecule has 1 fully saturated rings. The summed E-state index contributed by atoms with van der Waals surface area (Å²) in [5, 5.41) is 3.09. The SMILES string of the molecule is CC(C)CCCCCCNC(=O)C1CCC(CN2C(=O)C=CC2=O)CC1. The normalized spacial score (nSPS) is 23.1. The van der Waals surface area contributed by atoms with Crippen molar-refractivity contribution in [1.82, 2.24) is 10.2 Å². The van der Waals surface area contributed by atoms with Crippen molar-refractivity contribution < 1.29 is 14.4 Å². The molecule has 26 heavy (non-hydrogen) atoms. The molecule has 0 saturated heterocycles. The molecule has 0 radical (unpaired) electrons. The van der Waals surface area contributed by atoms with Crippen LogP contribution in [0, 0.1) is 17.8 Å². The Kier molecular flexibility index (Phi) is 8.33. The van der Waals surface area contributed by atoms with Crippen LogP contribution in [0.1, 0.15) is 71.6 Å². The first-order valence-electron chi connectivity index (χ1n) is 10.3. The van der Waals surface area contributed by atoms with Gasteiger partial charge < -0.3 is 5.32 Å². The Morgan fingerprint density at radius 2 is 1.65 bits per heavy atom. The molecule has 1 aliphatic carbocycles. The fourth-order valence-electron chi connectivity index (χ4n) is 3.86. The van der Waals surface area contributed by atoms with Gasteiger partial charge in [0.25, 0.3) is 11.8 Å². The summed E-state index contributed by atoms with van der Waals surface area (Å²) in [6.07, 6.45) is 12.3. The molecule has 1 saturated carbocycles. The Labute approximate surface area is 157 Å². The molecule has 5 nitrogen and oxygen atoms in total. The summed E-state index contributed by atoms with van der Waals surface area (Å²) in [6, 6.07) is 0. The van der Waals surface area contributed by atoms with Gasteiger partial charge in [-0.25, -0.2) is 0 Å². The number of amides is 3. The molecule has 1 aliphatic heterocycles. The molecule has 2 rings (SSSR count). The Morgan fingerprint density at radius 3 is 2.27 bits per heavy atom. The van der Waals surface area contributed by atoms with E-state index in [1.165, 1.54) is 42.7 Å². The van der Waals surface area contributed by atoms with Crippen LogP contribution in [0.2, 0.25) is 0 Å². The molecule has 5 heteroatoms. The predicted octanol–water partition coefficient (Wildman–Crippen LogP) is 3.44. The van der Waals surface area contributed by atoms with Crippen LogP contribution in [0.15, 0.2) is 12.2 Å². The highest BCUT2D eigenvalue weighted by Crippen LogP contribution is 2.30. The molecule has 0 unspecified atom stereocenters. The van der Waals surface area contributed by atoms with Crippen LogP contribution in [0.4, 0.5) is 0 Å². The van der Waals surface area contributed by atoms with E-state index >= 15 is 0 Å². The standard InChI is InChI=1S/C21H34N2O3/c1-16(2)7-5-3-4-6-14-22-21(26)18-10-8-17(9-11-18)15-23-19(24)12-13-20(23)25/h12-13,16-18H,3-11,14-15H2,1-2H3,(H,22,26). The van der Waals surface area contributed by atoms with Gasteiger partial charge in [-0.3, -0.25) is 19.3 Å². The van der Waals surface area contributed by atoms with Crippen molar-refractivity contribution in [3.8, 4) is 0 Å². The minimum absolute atomic E-state index is 0.0929. The van der Waals surface area contributed by atoms with Crippen molar-refractivity contribution >= 4 is 17.7 Å². The van der Waals surface area contributed by atoms with Gasteiger partial charge in [-0.2, -0.15) is 0 Å². The van der Waals surface area contributed by atoms with Gasteiger partial charge in [0.05, 0.1) is 0 Å². The zero-order valence-electron chi connectivity index (χ0n) is 16.3. The second kappa shape index (κ2) is 10.5. The van der Waals surface area contributed by atoms with E-state index in [0.29, 0.717) is 12.5 Å². The molecule has 0 aromatic carbocycles. The summed E-state index contributed by atoms with van der Waals surface area (Å²) in [5.74, 6) is 0.970. The number of hydrogen-bond acceptors (Lipinski definition) is 3. The third-order valence-corrected chi connectivity index (χ3v) is 5.57. The number of carbonyl (C=O) groups is 3. The van der Waals surface area contributed by atoms with E-state index in [4.69, 9.17) is 0 Å². The zero-order chi connectivity index (χ0) is 18.9. The molecule has 1 N–H and O–H groups in total. The van der Waals surface area contributed by atoms with Crippen LogP contribution in [0.5, 0.6) is 0 Å². The Morgan fingerprint density at radius 1 is 1.04 bits per heavy atom. The minimum atomic E-state index is -0.205. The predicted molar refractivity (Wildman–Crippen MR) is 102 cm³/mol. The Hall–Kier alpha value is -1.65. The first-order chi connectivity index (χ1) is 12.5. The molecule has 0 atom stereocenters. The van der Waals surface area contributed by atoms with Gasteiger partial charge in [-0.15, -0.1) is 0 Å². The lowest BCUT2D eigenvalue weighted by molar-refractivity contribution is -0.138. The van der Waals surface area contributed by atoms with Crippen molar-refractivity contribution in [2.45, 2.75) is 71.6 Å². The average molecular weight is 363 g/mol. The second-order valence-corrected chi connectivity index (χ2v) is 8.23. The summed E-state index contributed by atoms with van der Waals surface area (Å²) >= 11 is 0. The molecule has 0 bridgehead atoms. The molecular formula is C21H34N2O3. The number of imide groups is 1. The van der Waals surface area contributed by atoms with E-state index in [1.807, 2.05) is 0 Å². The van der Waals surface area contributed by atoms with Gasteiger partial charge in [0.1, 0.15) is 0 Å². The van der Waals surface area contributed by atoms with Crippen LogP contribution in [-0.2, 0) is 14.4 Å². The summed E-state index contributed by atoms with van der Waals surface area (Å²) in [6.45, 7) is 5.79. The first-order valence-corrected chi connectivity index (χ1v) is 10.3. The summed E-state index contributed by atoms with van der Waals surface area (Å²) in [7, 11) is 0.